The summed E-state index contributed by atoms with van der Waals surface area (Å²) >= 11 is 0. The Bertz CT molecular complexity index is 381. The Labute approximate surface area is 105 Å². The SMILES string of the molecule is N[C@@H](c1cccc(OC(F)F)c1)C1CCOCC1. The van der Waals surface area contributed by atoms with Crippen LogP contribution >= 0.6 is 0 Å². The van der Waals surface area contributed by atoms with E-state index in [0.717, 1.165) is 18.4 Å². The first-order valence-electron chi connectivity index (χ1n) is 6.05. The largest absolute Gasteiger partial charge is 0.435 e. The van der Waals surface area contributed by atoms with Gasteiger partial charge in [-0.25, -0.2) is 0 Å². The summed E-state index contributed by atoms with van der Waals surface area (Å²) in [7, 11) is 0. The van der Waals surface area contributed by atoms with Crippen LogP contribution in [0, 0.1) is 5.92 Å². The molecule has 1 heterocycles. The van der Waals surface area contributed by atoms with Crippen LogP contribution in [-0.4, -0.2) is 19.8 Å². The van der Waals surface area contributed by atoms with E-state index in [9.17, 15) is 8.78 Å². The first-order chi connectivity index (χ1) is 8.66. The second-order valence-electron chi connectivity index (χ2n) is 4.43. The molecule has 1 aliphatic heterocycles. The number of benzene rings is 1. The third-order valence-electron chi connectivity index (χ3n) is 3.24. The molecular weight excluding hydrogens is 240 g/mol. The molecule has 100 valence electrons. The van der Waals surface area contributed by atoms with Gasteiger partial charge >= 0.3 is 6.61 Å². The Morgan fingerprint density at radius 2 is 2.00 bits per heavy atom. The fraction of sp³-hybridized carbons (Fsp3) is 0.538. The zero-order valence-electron chi connectivity index (χ0n) is 10.0. The Hall–Kier alpha value is -1.20. The topological polar surface area (TPSA) is 44.5 Å². The van der Waals surface area contributed by atoms with Crippen molar-refractivity contribution >= 4 is 0 Å². The standard InChI is InChI=1S/C13H17F2NO2/c14-13(15)18-11-3-1-2-10(8-11)12(16)9-4-6-17-7-5-9/h1-3,8-9,12-13H,4-7,16H2/t12-/m1/s1. The predicted molar refractivity (Wildman–Crippen MR) is 63.5 cm³/mol. The van der Waals surface area contributed by atoms with Gasteiger partial charge in [0.05, 0.1) is 0 Å². The minimum atomic E-state index is -2.81. The van der Waals surface area contributed by atoms with Gasteiger partial charge in [-0.1, -0.05) is 12.1 Å². The van der Waals surface area contributed by atoms with Crippen LogP contribution < -0.4 is 10.5 Å². The molecule has 0 amide bonds. The number of alkyl halides is 2. The van der Waals surface area contributed by atoms with Crippen molar-refractivity contribution in [2.45, 2.75) is 25.5 Å². The maximum Gasteiger partial charge on any atom is 0.387 e. The van der Waals surface area contributed by atoms with Crippen LogP contribution in [0.5, 0.6) is 5.75 Å². The minimum absolute atomic E-state index is 0.157. The zero-order chi connectivity index (χ0) is 13.0. The van der Waals surface area contributed by atoms with Crippen LogP contribution in [-0.2, 0) is 4.74 Å². The molecule has 1 aromatic carbocycles. The van der Waals surface area contributed by atoms with E-state index in [4.69, 9.17) is 10.5 Å². The van der Waals surface area contributed by atoms with E-state index >= 15 is 0 Å². The quantitative estimate of drug-likeness (QED) is 0.902. The van der Waals surface area contributed by atoms with Crippen LogP contribution in [0.25, 0.3) is 0 Å². The molecule has 0 aromatic heterocycles. The molecular formula is C13H17F2NO2. The molecule has 1 atom stereocenters. The smallest absolute Gasteiger partial charge is 0.387 e. The van der Waals surface area contributed by atoms with E-state index in [1.807, 2.05) is 6.07 Å². The highest BCUT2D eigenvalue weighted by atomic mass is 19.3. The van der Waals surface area contributed by atoms with Crippen molar-refractivity contribution in [2.24, 2.45) is 11.7 Å². The van der Waals surface area contributed by atoms with E-state index in [1.165, 1.54) is 6.07 Å². The first kappa shape index (κ1) is 13.2. The second kappa shape index (κ2) is 6.11. The average Bonchev–Trinajstić information content (AvgIpc) is 2.38. The normalized spacial score (nSPS) is 18.9. The van der Waals surface area contributed by atoms with Crippen molar-refractivity contribution < 1.29 is 18.3 Å². The van der Waals surface area contributed by atoms with Gasteiger partial charge < -0.3 is 15.2 Å². The number of ether oxygens (including phenoxy) is 2. The molecule has 18 heavy (non-hydrogen) atoms. The van der Waals surface area contributed by atoms with Crippen molar-refractivity contribution in [3.05, 3.63) is 29.8 Å². The molecule has 3 nitrogen and oxygen atoms in total. The average molecular weight is 257 g/mol. The van der Waals surface area contributed by atoms with Gasteiger partial charge in [0.15, 0.2) is 0 Å². The summed E-state index contributed by atoms with van der Waals surface area (Å²) in [6.45, 7) is -1.38. The van der Waals surface area contributed by atoms with Gasteiger partial charge in [-0.3, -0.25) is 0 Å². The Kier molecular flexibility index (Phi) is 4.49. The number of hydrogen-bond donors (Lipinski definition) is 1. The van der Waals surface area contributed by atoms with Crippen molar-refractivity contribution in [1.29, 1.82) is 0 Å². The van der Waals surface area contributed by atoms with Gasteiger partial charge in [0.1, 0.15) is 5.75 Å². The highest BCUT2D eigenvalue weighted by Gasteiger charge is 2.22. The number of rotatable bonds is 4. The lowest BCUT2D eigenvalue weighted by atomic mass is 9.88. The van der Waals surface area contributed by atoms with Gasteiger partial charge in [-0.05, 0) is 36.5 Å². The summed E-state index contributed by atoms with van der Waals surface area (Å²) in [5.74, 6) is 0.491. The van der Waals surface area contributed by atoms with E-state index in [-0.39, 0.29) is 11.8 Å². The summed E-state index contributed by atoms with van der Waals surface area (Å²) < 4.78 is 33.9. The van der Waals surface area contributed by atoms with Gasteiger partial charge in [0.25, 0.3) is 0 Å². The van der Waals surface area contributed by atoms with Gasteiger partial charge in [-0.15, -0.1) is 0 Å². The van der Waals surface area contributed by atoms with Gasteiger partial charge in [-0.2, -0.15) is 8.78 Å². The molecule has 1 fully saturated rings. The van der Waals surface area contributed by atoms with Crippen molar-refractivity contribution in [3.63, 3.8) is 0 Å². The van der Waals surface area contributed by atoms with Crippen LogP contribution in [0.2, 0.25) is 0 Å². The maximum absolute atomic E-state index is 12.1. The third-order valence-corrected chi connectivity index (χ3v) is 3.24. The van der Waals surface area contributed by atoms with Crippen LogP contribution in [0.4, 0.5) is 8.78 Å². The van der Waals surface area contributed by atoms with Crippen molar-refractivity contribution in [2.75, 3.05) is 13.2 Å². The molecule has 0 bridgehead atoms. The molecule has 0 spiro atoms. The van der Waals surface area contributed by atoms with E-state index in [1.54, 1.807) is 12.1 Å². The van der Waals surface area contributed by atoms with Gasteiger partial charge in [0.2, 0.25) is 0 Å². The molecule has 0 unspecified atom stereocenters. The van der Waals surface area contributed by atoms with Gasteiger partial charge in [0, 0.05) is 19.3 Å². The fourth-order valence-electron chi connectivity index (χ4n) is 2.25. The summed E-state index contributed by atoms with van der Waals surface area (Å²) in [6, 6.07) is 6.47. The number of hydrogen-bond acceptors (Lipinski definition) is 3. The second-order valence-corrected chi connectivity index (χ2v) is 4.43. The molecule has 2 N–H and O–H groups in total. The third kappa shape index (κ3) is 3.40. The summed E-state index contributed by atoms with van der Waals surface area (Å²) in [6.07, 6.45) is 1.81. The Morgan fingerprint density at radius 3 is 2.67 bits per heavy atom. The molecule has 1 aliphatic rings. The summed E-state index contributed by atoms with van der Waals surface area (Å²) in [5, 5.41) is 0. The lowest BCUT2D eigenvalue weighted by molar-refractivity contribution is -0.0499. The Morgan fingerprint density at radius 1 is 1.28 bits per heavy atom. The number of nitrogens with two attached hydrogens (primary N) is 1. The molecule has 0 radical (unpaired) electrons. The molecule has 0 aliphatic carbocycles. The lowest BCUT2D eigenvalue weighted by Crippen LogP contribution is -2.27. The molecule has 1 aromatic rings. The Balaban J connectivity index is 2.06. The highest BCUT2D eigenvalue weighted by molar-refractivity contribution is 5.30. The fourth-order valence-corrected chi connectivity index (χ4v) is 2.25. The molecule has 2 rings (SSSR count). The van der Waals surface area contributed by atoms with Crippen LogP contribution in [0.1, 0.15) is 24.4 Å². The van der Waals surface area contributed by atoms with E-state index < -0.39 is 6.61 Å². The van der Waals surface area contributed by atoms with E-state index in [2.05, 4.69) is 4.74 Å². The van der Waals surface area contributed by atoms with Crippen molar-refractivity contribution in [3.8, 4) is 5.75 Å². The lowest BCUT2D eigenvalue weighted by Gasteiger charge is -2.28. The van der Waals surface area contributed by atoms with Crippen LogP contribution in [0.15, 0.2) is 24.3 Å². The molecule has 0 saturated carbocycles. The summed E-state index contributed by atoms with van der Waals surface area (Å²) in [5.41, 5.74) is 7.00. The molecule has 1 saturated heterocycles. The molecule has 5 heteroatoms. The number of halogens is 2. The van der Waals surface area contributed by atoms with Crippen molar-refractivity contribution in [1.82, 2.24) is 0 Å². The first-order valence-corrected chi connectivity index (χ1v) is 6.05. The van der Waals surface area contributed by atoms with E-state index in [0.29, 0.717) is 19.1 Å². The van der Waals surface area contributed by atoms with Crippen LogP contribution in [0.3, 0.4) is 0 Å². The predicted octanol–water partition coefficient (Wildman–Crippen LogP) is 2.71. The highest BCUT2D eigenvalue weighted by Crippen LogP contribution is 2.29. The maximum atomic E-state index is 12.1. The monoisotopic (exact) mass is 257 g/mol. The zero-order valence-corrected chi connectivity index (χ0v) is 10.0. The minimum Gasteiger partial charge on any atom is -0.435 e. The summed E-state index contributed by atoms with van der Waals surface area (Å²) in [4.78, 5) is 0.